The molecule has 0 radical (unpaired) electrons. The molecule has 32 heavy (non-hydrogen) atoms. The van der Waals surface area contributed by atoms with Crippen LogP contribution in [-0.2, 0) is 11.4 Å². The van der Waals surface area contributed by atoms with Gasteiger partial charge < -0.3 is 14.8 Å². The zero-order valence-electron chi connectivity index (χ0n) is 17.6. The van der Waals surface area contributed by atoms with Crippen LogP contribution in [0.1, 0.15) is 16.7 Å². The summed E-state index contributed by atoms with van der Waals surface area (Å²) in [6.07, 6.45) is 1.79. The first-order valence-electron chi connectivity index (χ1n) is 9.94. The summed E-state index contributed by atoms with van der Waals surface area (Å²) < 4.78 is 12.4. The van der Waals surface area contributed by atoms with Gasteiger partial charge in [0.05, 0.1) is 12.8 Å². The molecule has 0 spiro atoms. The highest BCUT2D eigenvalue weighted by molar-refractivity contribution is 9.10. The summed E-state index contributed by atoms with van der Waals surface area (Å²) in [7, 11) is 1.62. The molecule has 1 aliphatic rings. The van der Waals surface area contributed by atoms with Gasteiger partial charge in [0.25, 0.3) is 5.91 Å². The third-order valence-corrected chi connectivity index (χ3v) is 5.82. The zero-order chi connectivity index (χ0) is 22.7. The molecule has 0 unspecified atom stereocenters. The van der Waals surface area contributed by atoms with Crippen LogP contribution in [0.4, 0.5) is 5.69 Å². The molecular weight excluding hydrogens is 488 g/mol. The Hall–Kier alpha value is -3.16. The predicted octanol–water partition coefficient (Wildman–Crippen LogP) is 5.61. The lowest BCUT2D eigenvalue weighted by atomic mass is 10.1. The maximum atomic E-state index is 13.1. The number of amides is 1. The molecule has 0 bridgehead atoms. The largest absolute Gasteiger partial charge is 0.496 e. The van der Waals surface area contributed by atoms with Crippen molar-refractivity contribution < 1.29 is 14.3 Å². The number of methoxy groups -OCH3 is 1. The van der Waals surface area contributed by atoms with Gasteiger partial charge in [0.2, 0.25) is 0 Å². The van der Waals surface area contributed by atoms with Crippen LogP contribution >= 0.6 is 28.1 Å². The number of thiocarbonyl (C=S) groups is 1. The van der Waals surface area contributed by atoms with Gasteiger partial charge in [0.1, 0.15) is 23.8 Å². The van der Waals surface area contributed by atoms with Crippen LogP contribution in [0.3, 0.4) is 0 Å². The van der Waals surface area contributed by atoms with Crippen molar-refractivity contribution in [3.05, 3.63) is 93.6 Å². The van der Waals surface area contributed by atoms with Crippen molar-refractivity contribution >= 4 is 50.9 Å². The molecule has 4 rings (SSSR count). The summed E-state index contributed by atoms with van der Waals surface area (Å²) in [6.45, 7) is 2.28. The Kier molecular flexibility index (Phi) is 6.58. The molecule has 1 aliphatic heterocycles. The summed E-state index contributed by atoms with van der Waals surface area (Å²) in [6, 6.07) is 21.0. The summed E-state index contributed by atoms with van der Waals surface area (Å²) in [5.41, 5.74) is 3.87. The SMILES string of the molecule is COc1ccc(/C=C2/NC(=S)N(c3ccccc3C)C2=O)cc1COc1cccc(Br)c1. The number of anilines is 1. The maximum absolute atomic E-state index is 13.1. The van der Waals surface area contributed by atoms with Crippen molar-refractivity contribution in [3.63, 3.8) is 0 Å². The summed E-state index contributed by atoms with van der Waals surface area (Å²) in [5.74, 6) is 1.27. The molecular formula is C25H21BrN2O3S. The predicted molar refractivity (Wildman–Crippen MR) is 134 cm³/mol. The van der Waals surface area contributed by atoms with Crippen LogP contribution in [-0.4, -0.2) is 18.1 Å². The van der Waals surface area contributed by atoms with Crippen molar-refractivity contribution in [3.8, 4) is 11.5 Å². The number of aryl methyl sites for hydroxylation is 1. The molecule has 1 saturated heterocycles. The molecule has 7 heteroatoms. The maximum Gasteiger partial charge on any atom is 0.281 e. The molecule has 1 N–H and O–H groups in total. The van der Waals surface area contributed by atoms with Crippen molar-refractivity contribution in [2.24, 2.45) is 0 Å². The van der Waals surface area contributed by atoms with Crippen LogP contribution in [0.2, 0.25) is 0 Å². The molecule has 0 atom stereocenters. The smallest absolute Gasteiger partial charge is 0.281 e. The molecule has 1 fully saturated rings. The monoisotopic (exact) mass is 508 g/mol. The summed E-state index contributed by atoms with van der Waals surface area (Å²) in [5, 5.41) is 3.40. The minimum atomic E-state index is -0.188. The fourth-order valence-electron chi connectivity index (χ4n) is 3.45. The molecule has 162 valence electrons. The van der Waals surface area contributed by atoms with Gasteiger partial charge in [0.15, 0.2) is 5.11 Å². The highest BCUT2D eigenvalue weighted by Gasteiger charge is 2.32. The minimum Gasteiger partial charge on any atom is -0.496 e. The number of carbonyl (C=O) groups is 1. The van der Waals surface area contributed by atoms with E-state index in [2.05, 4.69) is 21.2 Å². The fourth-order valence-corrected chi connectivity index (χ4v) is 4.12. The highest BCUT2D eigenvalue weighted by atomic mass is 79.9. The molecule has 0 saturated carbocycles. The van der Waals surface area contributed by atoms with Gasteiger partial charge in [-0.3, -0.25) is 9.69 Å². The Balaban J connectivity index is 1.58. The first-order chi connectivity index (χ1) is 15.5. The Labute approximate surface area is 200 Å². The molecule has 1 amide bonds. The lowest BCUT2D eigenvalue weighted by Gasteiger charge is -2.16. The number of hydrogen-bond acceptors (Lipinski definition) is 4. The van der Waals surface area contributed by atoms with E-state index in [0.29, 0.717) is 23.2 Å². The number of ether oxygens (including phenoxy) is 2. The number of halogens is 1. The molecule has 3 aromatic carbocycles. The number of nitrogens with zero attached hydrogens (tertiary/aromatic N) is 1. The Morgan fingerprint density at radius 3 is 2.66 bits per heavy atom. The second-order valence-corrected chi connectivity index (χ2v) is 8.53. The van der Waals surface area contributed by atoms with Crippen molar-refractivity contribution in [2.75, 3.05) is 12.0 Å². The lowest BCUT2D eigenvalue weighted by Crippen LogP contribution is -2.30. The van der Waals surface area contributed by atoms with E-state index in [9.17, 15) is 4.79 Å². The van der Waals surface area contributed by atoms with E-state index in [1.54, 1.807) is 13.2 Å². The van der Waals surface area contributed by atoms with Gasteiger partial charge in [-0.1, -0.05) is 46.3 Å². The summed E-state index contributed by atoms with van der Waals surface area (Å²) in [4.78, 5) is 14.6. The average molecular weight is 509 g/mol. The van der Waals surface area contributed by atoms with Crippen LogP contribution in [0.5, 0.6) is 11.5 Å². The topological polar surface area (TPSA) is 50.8 Å². The number of nitrogens with one attached hydrogen (secondary N) is 1. The van der Waals surface area contributed by atoms with E-state index in [1.807, 2.05) is 73.7 Å². The van der Waals surface area contributed by atoms with E-state index in [0.717, 1.165) is 32.6 Å². The normalized spacial score (nSPS) is 14.6. The third kappa shape index (κ3) is 4.69. The van der Waals surface area contributed by atoms with Crippen LogP contribution in [0.15, 0.2) is 76.9 Å². The molecule has 5 nitrogen and oxygen atoms in total. The molecule has 3 aromatic rings. The number of rotatable bonds is 6. The number of hydrogen-bond donors (Lipinski definition) is 1. The van der Waals surface area contributed by atoms with E-state index < -0.39 is 0 Å². The van der Waals surface area contributed by atoms with Crippen molar-refractivity contribution in [2.45, 2.75) is 13.5 Å². The van der Waals surface area contributed by atoms with Gasteiger partial charge in [0, 0.05) is 10.0 Å². The van der Waals surface area contributed by atoms with E-state index >= 15 is 0 Å². The van der Waals surface area contributed by atoms with Crippen LogP contribution < -0.4 is 19.7 Å². The van der Waals surface area contributed by atoms with Crippen molar-refractivity contribution in [1.82, 2.24) is 5.32 Å². The van der Waals surface area contributed by atoms with Crippen LogP contribution in [0.25, 0.3) is 6.08 Å². The van der Waals surface area contributed by atoms with Gasteiger partial charge in [-0.25, -0.2) is 0 Å². The zero-order valence-corrected chi connectivity index (χ0v) is 20.0. The molecule has 0 aliphatic carbocycles. The van der Waals surface area contributed by atoms with Gasteiger partial charge >= 0.3 is 0 Å². The molecule has 0 aromatic heterocycles. The number of para-hydroxylation sites is 1. The number of benzene rings is 3. The number of carbonyl (C=O) groups excluding carboxylic acids is 1. The average Bonchev–Trinajstić information content (AvgIpc) is 3.05. The Morgan fingerprint density at radius 1 is 1.09 bits per heavy atom. The first kappa shape index (κ1) is 22.0. The van der Waals surface area contributed by atoms with Crippen LogP contribution in [0, 0.1) is 6.92 Å². The second-order valence-electron chi connectivity index (χ2n) is 7.23. The highest BCUT2D eigenvalue weighted by Crippen LogP contribution is 2.28. The van der Waals surface area contributed by atoms with Crippen molar-refractivity contribution in [1.29, 1.82) is 0 Å². The van der Waals surface area contributed by atoms with E-state index in [1.165, 1.54) is 4.90 Å². The van der Waals surface area contributed by atoms with Gasteiger partial charge in [-0.05, 0) is 72.7 Å². The standard InChI is InChI=1S/C25H21BrN2O3S/c1-16-6-3-4-9-22(16)28-24(29)21(27-25(28)32)13-17-10-11-23(30-2)18(12-17)15-31-20-8-5-7-19(26)14-20/h3-14H,15H2,1-2H3,(H,27,32)/b21-13+. The van der Waals surface area contributed by atoms with E-state index in [-0.39, 0.29) is 5.91 Å². The third-order valence-electron chi connectivity index (χ3n) is 5.04. The van der Waals surface area contributed by atoms with Gasteiger partial charge in [-0.15, -0.1) is 0 Å². The minimum absolute atomic E-state index is 0.188. The Morgan fingerprint density at radius 2 is 1.91 bits per heavy atom. The van der Waals surface area contributed by atoms with Gasteiger partial charge in [-0.2, -0.15) is 0 Å². The quantitative estimate of drug-likeness (QED) is 0.346. The lowest BCUT2D eigenvalue weighted by molar-refractivity contribution is -0.113. The van der Waals surface area contributed by atoms with E-state index in [4.69, 9.17) is 21.7 Å². The summed E-state index contributed by atoms with van der Waals surface area (Å²) >= 11 is 8.88. The fraction of sp³-hybridized carbons (Fsp3) is 0.120. The second kappa shape index (κ2) is 9.54. The molecule has 1 heterocycles. The Bertz CT molecular complexity index is 1230. The first-order valence-corrected chi connectivity index (χ1v) is 11.1.